The van der Waals surface area contributed by atoms with Crippen molar-refractivity contribution in [3.63, 3.8) is 0 Å². The Balaban J connectivity index is 2.20. The molecule has 0 radical (unpaired) electrons. The van der Waals surface area contributed by atoms with Crippen LogP contribution < -0.4 is 0 Å². The van der Waals surface area contributed by atoms with Crippen molar-refractivity contribution in [2.75, 3.05) is 0 Å². The van der Waals surface area contributed by atoms with E-state index < -0.39 is 0 Å². The summed E-state index contributed by atoms with van der Waals surface area (Å²) in [5, 5.41) is 17.9. The van der Waals surface area contributed by atoms with E-state index in [0.29, 0.717) is 5.75 Å². The van der Waals surface area contributed by atoms with Gasteiger partial charge in [-0.25, -0.2) is 0 Å². The normalized spacial score (nSPS) is 11.0. The first-order valence-corrected chi connectivity index (χ1v) is 5.99. The van der Waals surface area contributed by atoms with Gasteiger partial charge in [0, 0.05) is 0 Å². The van der Waals surface area contributed by atoms with Crippen LogP contribution in [-0.2, 0) is 6.42 Å². The van der Waals surface area contributed by atoms with Crippen molar-refractivity contribution >= 4 is 11.4 Å². The number of aromatic hydroxyl groups is 1. The van der Waals surface area contributed by atoms with E-state index in [-0.39, 0.29) is 0 Å². The van der Waals surface area contributed by atoms with Crippen LogP contribution in [0.1, 0.15) is 18.1 Å². The maximum atomic E-state index is 9.58. The molecule has 92 valence electrons. The van der Waals surface area contributed by atoms with E-state index in [1.54, 1.807) is 12.1 Å². The molecule has 0 aliphatic heterocycles. The molecular formula is C15H16N2O. The van der Waals surface area contributed by atoms with Gasteiger partial charge in [-0.15, -0.1) is 0 Å². The van der Waals surface area contributed by atoms with Gasteiger partial charge in [-0.2, -0.15) is 10.2 Å². The van der Waals surface area contributed by atoms with Gasteiger partial charge in [0.05, 0.1) is 11.4 Å². The molecule has 3 nitrogen and oxygen atoms in total. The highest BCUT2D eigenvalue weighted by molar-refractivity contribution is 5.47. The van der Waals surface area contributed by atoms with E-state index in [0.717, 1.165) is 23.4 Å². The minimum Gasteiger partial charge on any atom is -0.508 e. The standard InChI is InChI=1S/C15H16N2O/c1-3-12-10-14(8-9-15(12)18)17-16-13-6-4-11(2)5-7-13/h4-10,18H,3H2,1-2H3. The molecule has 0 saturated heterocycles. The third kappa shape index (κ3) is 2.94. The SMILES string of the molecule is CCc1cc(N=Nc2ccc(C)cc2)ccc1O. The Kier molecular flexibility index (Phi) is 3.72. The lowest BCUT2D eigenvalue weighted by molar-refractivity contribution is 0.469. The minimum atomic E-state index is 0.312. The molecule has 1 N–H and O–H groups in total. The van der Waals surface area contributed by atoms with Gasteiger partial charge < -0.3 is 5.11 Å². The Morgan fingerprint density at radius 2 is 1.56 bits per heavy atom. The molecule has 0 heterocycles. The molecule has 0 saturated carbocycles. The summed E-state index contributed by atoms with van der Waals surface area (Å²) < 4.78 is 0. The fourth-order valence-corrected chi connectivity index (χ4v) is 1.64. The van der Waals surface area contributed by atoms with Gasteiger partial charge in [0.1, 0.15) is 5.75 Å². The van der Waals surface area contributed by atoms with Crippen LogP contribution in [0, 0.1) is 6.92 Å². The van der Waals surface area contributed by atoms with Crippen molar-refractivity contribution in [1.29, 1.82) is 0 Å². The number of phenolic OH excluding ortho intramolecular Hbond substituents is 1. The van der Waals surface area contributed by atoms with Crippen LogP contribution >= 0.6 is 0 Å². The fourth-order valence-electron chi connectivity index (χ4n) is 1.64. The maximum Gasteiger partial charge on any atom is 0.118 e. The first-order chi connectivity index (χ1) is 8.69. The molecule has 2 aromatic rings. The molecule has 0 fully saturated rings. The Labute approximate surface area is 107 Å². The van der Waals surface area contributed by atoms with E-state index >= 15 is 0 Å². The molecule has 0 aliphatic rings. The second kappa shape index (κ2) is 5.45. The Morgan fingerprint density at radius 3 is 2.22 bits per heavy atom. The zero-order valence-electron chi connectivity index (χ0n) is 10.6. The zero-order chi connectivity index (χ0) is 13.0. The van der Waals surface area contributed by atoms with Crippen LogP contribution in [-0.4, -0.2) is 5.11 Å². The molecule has 0 amide bonds. The average molecular weight is 240 g/mol. The predicted molar refractivity (Wildman–Crippen MR) is 72.8 cm³/mol. The predicted octanol–water partition coefficient (Wildman–Crippen LogP) is 4.68. The fraction of sp³-hybridized carbons (Fsp3) is 0.200. The van der Waals surface area contributed by atoms with E-state index in [4.69, 9.17) is 0 Å². The lowest BCUT2D eigenvalue weighted by Gasteiger charge is -2.01. The minimum absolute atomic E-state index is 0.312. The smallest absolute Gasteiger partial charge is 0.118 e. The van der Waals surface area contributed by atoms with Gasteiger partial charge in [-0.05, 0) is 49.2 Å². The summed E-state index contributed by atoms with van der Waals surface area (Å²) in [6, 6.07) is 13.1. The lowest BCUT2D eigenvalue weighted by atomic mass is 10.1. The quantitative estimate of drug-likeness (QED) is 0.778. The molecule has 0 aromatic heterocycles. The van der Waals surface area contributed by atoms with Crippen molar-refractivity contribution in [3.8, 4) is 5.75 Å². The largest absolute Gasteiger partial charge is 0.508 e. The van der Waals surface area contributed by atoms with Crippen LogP contribution in [0.25, 0.3) is 0 Å². The van der Waals surface area contributed by atoms with Crippen LogP contribution in [0.15, 0.2) is 52.7 Å². The summed E-state index contributed by atoms with van der Waals surface area (Å²) in [6.45, 7) is 4.03. The monoisotopic (exact) mass is 240 g/mol. The Bertz CT molecular complexity index is 559. The second-order valence-corrected chi connectivity index (χ2v) is 4.20. The molecule has 2 rings (SSSR count). The Hall–Kier alpha value is -2.16. The van der Waals surface area contributed by atoms with Gasteiger partial charge in [-0.1, -0.05) is 24.6 Å². The second-order valence-electron chi connectivity index (χ2n) is 4.20. The number of hydrogen-bond donors (Lipinski definition) is 1. The third-order valence-corrected chi connectivity index (χ3v) is 2.76. The van der Waals surface area contributed by atoms with Gasteiger partial charge in [0.2, 0.25) is 0 Å². The van der Waals surface area contributed by atoms with E-state index in [1.165, 1.54) is 5.56 Å². The highest BCUT2D eigenvalue weighted by Crippen LogP contribution is 2.25. The molecule has 0 atom stereocenters. The lowest BCUT2D eigenvalue weighted by Crippen LogP contribution is -1.79. The topological polar surface area (TPSA) is 45.0 Å². The van der Waals surface area contributed by atoms with Crippen LogP contribution in [0.4, 0.5) is 11.4 Å². The van der Waals surface area contributed by atoms with E-state index in [1.807, 2.05) is 44.2 Å². The summed E-state index contributed by atoms with van der Waals surface area (Å²) in [4.78, 5) is 0. The molecule has 3 heteroatoms. The van der Waals surface area contributed by atoms with E-state index in [2.05, 4.69) is 10.2 Å². The van der Waals surface area contributed by atoms with Crippen LogP contribution in [0.5, 0.6) is 5.75 Å². The number of hydrogen-bond acceptors (Lipinski definition) is 3. The van der Waals surface area contributed by atoms with Crippen molar-refractivity contribution in [3.05, 3.63) is 53.6 Å². The van der Waals surface area contributed by atoms with Crippen molar-refractivity contribution in [2.24, 2.45) is 10.2 Å². The van der Waals surface area contributed by atoms with Crippen LogP contribution in [0.2, 0.25) is 0 Å². The molecule has 0 bridgehead atoms. The van der Waals surface area contributed by atoms with Crippen LogP contribution in [0.3, 0.4) is 0 Å². The van der Waals surface area contributed by atoms with E-state index in [9.17, 15) is 5.11 Å². The highest BCUT2D eigenvalue weighted by atomic mass is 16.3. The molecule has 2 aromatic carbocycles. The Morgan fingerprint density at radius 1 is 0.944 bits per heavy atom. The summed E-state index contributed by atoms with van der Waals surface area (Å²) in [5.74, 6) is 0.312. The van der Waals surface area contributed by atoms with Gasteiger partial charge in [0.15, 0.2) is 0 Å². The summed E-state index contributed by atoms with van der Waals surface area (Å²) in [5.41, 5.74) is 3.67. The molecule has 0 aliphatic carbocycles. The molecule has 0 unspecified atom stereocenters. The molecule has 18 heavy (non-hydrogen) atoms. The first kappa shape index (κ1) is 12.3. The average Bonchev–Trinajstić information content (AvgIpc) is 2.39. The van der Waals surface area contributed by atoms with Crippen molar-refractivity contribution in [2.45, 2.75) is 20.3 Å². The summed E-state index contributed by atoms with van der Waals surface area (Å²) in [6.07, 6.45) is 0.778. The van der Waals surface area contributed by atoms with Gasteiger partial charge in [0.25, 0.3) is 0 Å². The van der Waals surface area contributed by atoms with Crippen molar-refractivity contribution in [1.82, 2.24) is 0 Å². The molecule has 0 spiro atoms. The summed E-state index contributed by atoms with van der Waals surface area (Å²) in [7, 11) is 0. The van der Waals surface area contributed by atoms with Gasteiger partial charge >= 0.3 is 0 Å². The number of benzene rings is 2. The van der Waals surface area contributed by atoms with Gasteiger partial charge in [-0.3, -0.25) is 0 Å². The first-order valence-electron chi connectivity index (χ1n) is 5.99. The number of nitrogens with zero attached hydrogens (tertiary/aromatic N) is 2. The number of rotatable bonds is 3. The number of aryl methyl sites for hydroxylation is 2. The highest BCUT2D eigenvalue weighted by Gasteiger charge is 1.99. The van der Waals surface area contributed by atoms with Crippen molar-refractivity contribution < 1.29 is 5.11 Å². The number of phenols is 1. The zero-order valence-corrected chi connectivity index (χ0v) is 10.6. The summed E-state index contributed by atoms with van der Waals surface area (Å²) >= 11 is 0. The molecular weight excluding hydrogens is 224 g/mol. The third-order valence-electron chi connectivity index (χ3n) is 2.76. The maximum absolute atomic E-state index is 9.58. The number of azo groups is 1.